The molecule has 0 saturated carbocycles. The van der Waals surface area contributed by atoms with Crippen LogP contribution in [0.15, 0.2) is 12.1 Å². The van der Waals surface area contributed by atoms with Gasteiger partial charge in [0.15, 0.2) is 18.1 Å². The lowest BCUT2D eigenvalue weighted by molar-refractivity contribution is -0.157. The highest BCUT2D eigenvalue weighted by atomic mass is 35.5. The SMILES string of the molecule is Cc1ccc2c(c1C)OC(O)(CCl)CO2. The number of alkyl halides is 1. The number of ether oxygens (including phenoxy) is 2. The van der Waals surface area contributed by atoms with Gasteiger partial charge in [0, 0.05) is 0 Å². The highest BCUT2D eigenvalue weighted by molar-refractivity contribution is 6.18. The fourth-order valence-corrected chi connectivity index (χ4v) is 1.61. The summed E-state index contributed by atoms with van der Waals surface area (Å²) < 4.78 is 10.9. The average molecular weight is 229 g/mol. The molecule has 0 bridgehead atoms. The molecular weight excluding hydrogens is 216 g/mol. The number of aliphatic hydroxyl groups is 1. The second kappa shape index (κ2) is 3.58. The van der Waals surface area contributed by atoms with Crippen molar-refractivity contribution in [3.8, 4) is 11.5 Å². The maximum absolute atomic E-state index is 9.86. The number of benzene rings is 1. The fraction of sp³-hybridized carbons (Fsp3) is 0.455. The Bertz CT molecular complexity index is 392. The number of hydrogen-bond donors (Lipinski definition) is 1. The minimum atomic E-state index is -1.41. The first-order valence-corrected chi connectivity index (χ1v) is 5.29. The molecule has 0 radical (unpaired) electrons. The molecule has 0 aromatic heterocycles. The number of halogens is 1. The molecule has 0 amide bonds. The number of aryl methyl sites for hydroxylation is 1. The van der Waals surface area contributed by atoms with Gasteiger partial charge in [-0.1, -0.05) is 6.07 Å². The minimum absolute atomic E-state index is 0.0141. The van der Waals surface area contributed by atoms with Crippen LogP contribution >= 0.6 is 11.6 Å². The van der Waals surface area contributed by atoms with Crippen LogP contribution < -0.4 is 9.47 Å². The Morgan fingerprint density at radius 3 is 2.87 bits per heavy atom. The molecule has 2 rings (SSSR count). The van der Waals surface area contributed by atoms with E-state index in [4.69, 9.17) is 21.1 Å². The van der Waals surface area contributed by atoms with Crippen molar-refractivity contribution in [1.82, 2.24) is 0 Å². The van der Waals surface area contributed by atoms with E-state index in [2.05, 4.69) is 0 Å². The van der Waals surface area contributed by atoms with Gasteiger partial charge in [-0.3, -0.25) is 0 Å². The number of rotatable bonds is 1. The zero-order chi connectivity index (χ0) is 11.1. The standard InChI is InChI=1S/C11H13ClO3/c1-7-3-4-9-10(8(7)2)15-11(13,5-12)6-14-9/h3-4,13H,5-6H2,1-2H3. The van der Waals surface area contributed by atoms with Gasteiger partial charge in [-0.25, -0.2) is 0 Å². The third kappa shape index (κ3) is 1.77. The summed E-state index contributed by atoms with van der Waals surface area (Å²) in [5.74, 6) is -0.176. The quantitative estimate of drug-likeness (QED) is 0.748. The van der Waals surface area contributed by atoms with E-state index in [-0.39, 0.29) is 12.5 Å². The van der Waals surface area contributed by atoms with Crippen LogP contribution in [-0.4, -0.2) is 23.4 Å². The summed E-state index contributed by atoms with van der Waals surface area (Å²) in [5.41, 5.74) is 2.06. The van der Waals surface area contributed by atoms with Gasteiger partial charge >= 0.3 is 0 Å². The summed E-state index contributed by atoms with van der Waals surface area (Å²) >= 11 is 5.63. The number of hydrogen-bond acceptors (Lipinski definition) is 3. The molecule has 0 fully saturated rings. The predicted octanol–water partition coefficient (Wildman–Crippen LogP) is 2.00. The molecule has 15 heavy (non-hydrogen) atoms. The van der Waals surface area contributed by atoms with Crippen LogP contribution in [0.4, 0.5) is 0 Å². The van der Waals surface area contributed by atoms with Crippen LogP contribution in [0.25, 0.3) is 0 Å². The Morgan fingerprint density at radius 2 is 2.20 bits per heavy atom. The maximum Gasteiger partial charge on any atom is 0.256 e. The Hall–Kier alpha value is -0.930. The first kappa shape index (κ1) is 10.6. The highest BCUT2D eigenvalue weighted by Gasteiger charge is 2.35. The lowest BCUT2D eigenvalue weighted by Gasteiger charge is -2.33. The summed E-state index contributed by atoms with van der Waals surface area (Å²) in [6.07, 6.45) is 0. The van der Waals surface area contributed by atoms with E-state index < -0.39 is 5.79 Å². The van der Waals surface area contributed by atoms with Gasteiger partial charge in [0.1, 0.15) is 0 Å². The van der Waals surface area contributed by atoms with Crippen LogP contribution in [0.1, 0.15) is 11.1 Å². The molecule has 1 atom stereocenters. The van der Waals surface area contributed by atoms with Crippen LogP contribution in [-0.2, 0) is 0 Å². The second-order valence-corrected chi connectivity index (χ2v) is 4.07. The Morgan fingerprint density at radius 1 is 1.47 bits per heavy atom. The molecule has 1 heterocycles. The van der Waals surface area contributed by atoms with Gasteiger partial charge in [-0.15, -0.1) is 11.6 Å². The predicted molar refractivity (Wildman–Crippen MR) is 57.7 cm³/mol. The molecule has 1 N–H and O–H groups in total. The van der Waals surface area contributed by atoms with E-state index in [0.717, 1.165) is 11.1 Å². The first-order valence-electron chi connectivity index (χ1n) is 4.76. The molecular formula is C11H13ClO3. The molecule has 1 aromatic carbocycles. The summed E-state index contributed by atoms with van der Waals surface area (Å²) in [4.78, 5) is 0. The first-order chi connectivity index (χ1) is 7.06. The van der Waals surface area contributed by atoms with Gasteiger partial charge in [0.25, 0.3) is 5.79 Å². The fourth-order valence-electron chi connectivity index (χ4n) is 1.48. The molecule has 3 nitrogen and oxygen atoms in total. The zero-order valence-corrected chi connectivity index (χ0v) is 9.47. The van der Waals surface area contributed by atoms with Gasteiger partial charge in [-0.2, -0.15) is 0 Å². The van der Waals surface area contributed by atoms with Gasteiger partial charge < -0.3 is 14.6 Å². The van der Waals surface area contributed by atoms with Crippen molar-refractivity contribution in [2.75, 3.05) is 12.5 Å². The second-order valence-electron chi connectivity index (χ2n) is 3.81. The summed E-state index contributed by atoms with van der Waals surface area (Å²) in [7, 11) is 0. The zero-order valence-electron chi connectivity index (χ0n) is 8.71. The molecule has 1 aliphatic heterocycles. The third-order valence-corrected chi connectivity index (χ3v) is 3.01. The van der Waals surface area contributed by atoms with E-state index in [1.165, 1.54) is 0 Å². The van der Waals surface area contributed by atoms with E-state index in [9.17, 15) is 5.11 Å². The molecule has 1 unspecified atom stereocenters. The molecule has 82 valence electrons. The number of fused-ring (bicyclic) bond motifs is 1. The van der Waals surface area contributed by atoms with Crippen molar-refractivity contribution in [3.05, 3.63) is 23.3 Å². The van der Waals surface area contributed by atoms with Crippen molar-refractivity contribution in [2.45, 2.75) is 19.6 Å². The molecule has 1 aliphatic rings. The van der Waals surface area contributed by atoms with E-state index in [1.807, 2.05) is 26.0 Å². The topological polar surface area (TPSA) is 38.7 Å². The third-order valence-electron chi connectivity index (χ3n) is 2.59. The van der Waals surface area contributed by atoms with Crippen molar-refractivity contribution in [3.63, 3.8) is 0 Å². The normalized spacial score (nSPS) is 24.0. The van der Waals surface area contributed by atoms with Crippen LogP contribution in [0.2, 0.25) is 0 Å². The van der Waals surface area contributed by atoms with Crippen LogP contribution in [0, 0.1) is 13.8 Å². The van der Waals surface area contributed by atoms with Gasteiger partial charge in [-0.05, 0) is 31.0 Å². The van der Waals surface area contributed by atoms with Crippen molar-refractivity contribution in [2.24, 2.45) is 0 Å². The monoisotopic (exact) mass is 228 g/mol. The molecule has 0 aliphatic carbocycles. The summed E-state index contributed by atoms with van der Waals surface area (Å²) in [6.45, 7) is 3.97. The lowest BCUT2D eigenvalue weighted by atomic mass is 10.1. The van der Waals surface area contributed by atoms with E-state index >= 15 is 0 Å². The van der Waals surface area contributed by atoms with Crippen molar-refractivity contribution in [1.29, 1.82) is 0 Å². The van der Waals surface area contributed by atoms with Crippen LogP contribution in [0.5, 0.6) is 11.5 Å². The largest absolute Gasteiger partial charge is 0.483 e. The van der Waals surface area contributed by atoms with Gasteiger partial charge in [0.2, 0.25) is 0 Å². The highest BCUT2D eigenvalue weighted by Crippen LogP contribution is 2.38. The van der Waals surface area contributed by atoms with E-state index in [1.54, 1.807) is 0 Å². The Kier molecular flexibility index (Phi) is 2.52. The molecule has 4 heteroatoms. The Labute approximate surface area is 93.6 Å². The Balaban J connectivity index is 2.44. The lowest BCUT2D eigenvalue weighted by Crippen LogP contribution is -2.46. The smallest absolute Gasteiger partial charge is 0.256 e. The summed E-state index contributed by atoms with van der Waals surface area (Å²) in [6, 6.07) is 3.80. The molecule has 0 saturated heterocycles. The summed E-state index contributed by atoms with van der Waals surface area (Å²) in [5, 5.41) is 9.86. The van der Waals surface area contributed by atoms with Crippen molar-refractivity contribution >= 4 is 11.6 Å². The maximum atomic E-state index is 9.86. The van der Waals surface area contributed by atoms with Crippen LogP contribution in [0.3, 0.4) is 0 Å². The van der Waals surface area contributed by atoms with E-state index in [0.29, 0.717) is 11.5 Å². The minimum Gasteiger partial charge on any atom is -0.483 e. The molecule has 1 aromatic rings. The molecule has 0 spiro atoms. The van der Waals surface area contributed by atoms with Crippen molar-refractivity contribution < 1.29 is 14.6 Å². The van der Waals surface area contributed by atoms with Gasteiger partial charge in [0.05, 0.1) is 5.88 Å². The average Bonchev–Trinajstić information content (AvgIpc) is 2.25.